The molecule has 0 spiro atoms. The first-order valence-corrected chi connectivity index (χ1v) is 13.5. The zero-order chi connectivity index (χ0) is 29.2. The summed E-state index contributed by atoms with van der Waals surface area (Å²) in [5, 5.41) is 26.8. The Morgan fingerprint density at radius 1 is 1.05 bits per heavy atom. The molecule has 2 aromatic carbocycles. The van der Waals surface area contributed by atoms with Gasteiger partial charge >= 0.3 is 0 Å². The first-order chi connectivity index (χ1) is 19.4. The van der Waals surface area contributed by atoms with Crippen molar-refractivity contribution in [1.82, 2.24) is 19.7 Å². The number of benzene rings is 2. The highest BCUT2D eigenvalue weighted by molar-refractivity contribution is 6.30. The molecule has 2 aliphatic rings. The van der Waals surface area contributed by atoms with Gasteiger partial charge in [0.2, 0.25) is 0 Å². The minimum absolute atomic E-state index is 0.0609. The zero-order valence-electron chi connectivity index (χ0n) is 22.4. The number of fused-ring (bicyclic) bond motifs is 1. The van der Waals surface area contributed by atoms with Crippen LogP contribution in [0, 0.1) is 17.5 Å². The molecule has 41 heavy (non-hydrogen) atoms. The monoisotopic (exact) mass is 584 g/mol. The summed E-state index contributed by atoms with van der Waals surface area (Å²) in [6.45, 7) is 1.35. The van der Waals surface area contributed by atoms with Crippen molar-refractivity contribution in [2.24, 2.45) is 7.05 Å². The molecule has 4 aromatic rings. The van der Waals surface area contributed by atoms with Crippen molar-refractivity contribution >= 4 is 11.6 Å². The molecule has 1 saturated carbocycles. The number of rotatable bonds is 8. The van der Waals surface area contributed by atoms with Gasteiger partial charge in [-0.05, 0) is 49.1 Å². The molecule has 6 rings (SSSR count). The highest BCUT2D eigenvalue weighted by atomic mass is 35.5. The van der Waals surface area contributed by atoms with Crippen LogP contribution in [0.3, 0.4) is 0 Å². The molecule has 0 amide bonds. The molecule has 7 nitrogen and oxygen atoms in total. The molecule has 1 aliphatic heterocycles. The Kier molecular flexibility index (Phi) is 6.74. The van der Waals surface area contributed by atoms with Gasteiger partial charge in [-0.1, -0.05) is 29.8 Å². The molecule has 3 heterocycles. The van der Waals surface area contributed by atoms with Crippen molar-refractivity contribution in [3.63, 3.8) is 0 Å². The minimum Gasteiger partial charge on any atom is -0.387 e. The normalized spacial score (nSPS) is 21.1. The summed E-state index contributed by atoms with van der Waals surface area (Å²) in [6, 6.07) is 10.4. The number of pyridine rings is 1. The van der Waals surface area contributed by atoms with E-state index in [4.69, 9.17) is 16.3 Å². The maximum absolute atomic E-state index is 16.5. The second-order valence-corrected chi connectivity index (χ2v) is 11.5. The van der Waals surface area contributed by atoms with Crippen LogP contribution in [0.25, 0.3) is 0 Å². The number of hydrogen-bond donors (Lipinski definition) is 2. The lowest BCUT2D eigenvalue weighted by atomic mass is 9.85. The third-order valence-corrected chi connectivity index (χ3v) is 8.24. The fourth-order valence-electron chi connectivity index (χ4n) is 5.45. The topological polar surface area (TPSA) is 83.6 Å². The van der Waals surface area contributed by atoms with Crippen molar-refractivity contribution < 1.29 is 28.1 Å². The molecule has 1 fully saturated rings. The van der Waals surface area contributed by atoms with Crippen LogP contribution in [0.15, 0.2) is 61.1 Å². The van der Waals surface area contributed by atoms with Gasteiger partial charge in [-0.3, -0.25) is 14.6 Å². The first kappa shape index (κ1) is 27.9. The SMILES string of the molecule is Cn1cc(C(C)(O)c2cc(F)c3c(c2)CN(Cc2ncc(F)cc2F)[C@@]3(OCC2(O)CC2)c2ccc(Cl)cc2)cn1. The molecule has 0 saturated heterocycles. The number of aliphatic hydroxyl groups is 2. The van der Waals surface area contributed by atoms with E-state index < -0.39 is 34.4 Å². The first-order valence-electron chi connectivity index (χ1n) is 13.1. The quantitative estimate of drug-likeness (QED) is 0.307. The van der Waals surface area contributed by atoms with Crippen LogP contribution in [-0.2, 0) is 36.2 Å². The number of aryl methyl sites for hydroxylation is 1. The minimum atomic E-state index is -1.62. The molecule has 0 bridgehead atoms. The Balaban J connectivity index is 1.53. The molecule has 2 aromatic heterocycles. The molecule has 1 aliphatic carbocycles. The number of hydrogen-bond acceptors (Lipinski definition) is 6. The van der Waals surface area contributed by atoms with Gasteiger partial charge in [0.05, 0.1) is 30.3 Å². The van der Waals surface area contributed by atoms with Crippen LogP contribution in [0.5, 0.6) is 0 Å². The summed E-state index contributed by atoms with van der Waals surface area (Å²) in [7, 11) is 1.72. The van der Waals surface area contributed by atoms with Crippen LogP contribution in [0.2, 0.25) is 5.02 Å². The molecule has 0 radical (unpaired) electrons. The maximum Gasteiger partial charge on any atom is 0.177 e. The van der Waals surface area contributed by atoms with E-state index in [1.807, 2.05) is 0 Å². The van der Waals surface area contributed by atoms with Gasteiger partial charge in [0.1, 0.15) is 23.1 Å². The van der Waals surface area contributed by atoms with Gasteiger partial charge in [-0.25, -0.2) is 13.2 Å². The summed E-state index contributed by atoms with van der Waals surface area (Å²) in [5.74, 6) is -2.33. The highest BCUT2D eigenvalue weighted by Crippen LogP contribution is 2.50. The Bertz CT molecular complexity index is 1620. The van der Waals surface area contributed by atoms with E-state index in [0.29, 0.717) is 40.1 Å². The molecular formula is C30H28ClF3N4O3. The van der Waals surface area contributed by atoms with Gasteiger partial charge in [0.25, 0.3) is 0 Å². The highest BCUT2D eigenvalue weighted by Gasteiger charge is 2.53. The lowest BCUT2D eigenvalue weighted by Crippen LogP contribution is -2.46. The lowest BCUT2D eigenvalue weighted by molar-refractivity contribution is -0.156. The largest absolute Gasteiger partial charge is 0.387 e. The van der Waals surface area contributed by atoms with E-state index in [1.54, 1.807) is 60.1 Å². The standard InChI is InChI=1S/C30H28ClF3N4O3/c1-28(39,21-12-36-37(2)15-21)20-9-18-14-38(16-26-24(33)11-23(32)13-35-26)30(27(18)25(34)10-20,41-17-29(40)7-8-29)19-3-5-22(31)6-4-19/h3-6,9-13,15,39-40H,7-8,14,16-17H2,1-2H3/t28?,30-/m1/s1. The predicted octanol–water partition coefficient (Wildman–Crippen LogP) is 4.90. The smallest absolute Gasteiger partial charge is 0.177 e. The summed E-state index contributed by atoms with van der Waals surface area (Å²) in [5.41, 5.74) is -2.40. The van der Waals surface area contributed by atoms with E-state index in [0.717, 1.165) is 12.3 Å². The molecular weight excluding hydrogens is 557 g/mol. The Morgan fingerprint density at radius 2 is 1.78 bits per heavy atom. The van der Waals surface area contributed by atoms with Gasteiger partial charge in [0.15, 0.2) is 5.72 Å². The van der Waals surface area contributed by atoms with E-state index >= 15 is 4.39 Å². The zero-order valence-corrected chi connectivity index (χ0v) is 23.2. The molecule has 11 heteroatoms. The van der Waals surface area contributed by atoms with Crippen LogP contribution in [-0.4, -0.2) is 42.1 Å². The van der Waals surface area contributed by atoms with Crippen LogP contribution < -0.4 is 0 Å². The second kappa shape index (κ2) is 9.92. The third-order valence-electron chi connectivity index (χ3n) is 7.98. The summed E-state index contributed by atoms with van der Waals surface area (Å²) in [6.07, 6.45) is 5.14. The van der Waals surface area contributed by atoms with E-state index in [1.165, 1.54) is 12.3 Å². The van der Waals surface area contributed by atoms with Crippen LogP contribution >= 0.6 is 11.6 Å². The average Bonchev–Trinajstić information content (AvgIpc) is 3.34. The van der Waals surface area contributed by atoms with Crippen LogP contribution in [0.1, 0.15) is 53.3 Å². The van der Waals surface area contributed by atoms with Crippen molar-refractivity contribution in [1.29, 1.82) is 0 Å². The summed E-state index contributed by atoms with van der Waals surface area (Å²) < 4.78 is 53.1. The maximum atomic E-state index is 16.5. The number of halogens is 4. The van der Waals surface area contributed by atoms with Gasteiger partial charge in [0, 0.05) is 54.1 Å². The van der Waals surface area contributed by atoms with E-state index in [2.05, 4.69) is 10.1 Å². The van der Waals surface area contributed by atoms with Crippen molar-refractivity contribution in [2.45, 2.75) is 49.8 Å². The molecule has 1 unspecified atom stereocenters. The molecule has 214 valence electrons. The van der Waals surface area contributed by atoms with E-state index in [9.17, 15) is 19.0 Å². The van der Waals surface area contributed by atoms with Crippen LogP contribution in [0.4, 0.5) is 13.2 Å². The summed E-state index contributed by atoms with van der Waals surface area (Å²) in [4.78, 5) is 5.66. The van der Waals surface area contributed by atoms with E-state index in [-0.39, 0.29) is 31.0 Å². The number of ether oxygens (including phenoxy) is 1. The number of nitrogens with zero attached hydrogens (tertiary/aromatic N) is 4. The van der Waals surface area contributed by atoms with Crippen molar-refractivity contribution in [3.8, 4) is 0 Å². The lowest BCUT2D eigenvalue weighted by Gasteiger charge is -2.40. The predicted molar refractivity (Wildman–Crippen MR) is 144 cm³/mol. The van der Waals surface area contributed by atoms with Crippen molar-refractivity contribution in [2.75, 3.05) is 6.61 Å². The average molecular weight is 585 g/mol. The Labute approximate surface area is 239 Å². The van der Waals surface area contributed by atoms with Gasteiger partial charge < -0.3 is 14.9 Å². The fourth-order valence-corrected chi connectivity index (χ4v) is 5.57. The Hall–Kier alpha value is -3.28. The fraction of sp³-hybridized carbons (Fsp3) is 0.333. The molecule has 2 N–H and O–H groups in total. The molecule has 2 atom stereocenters. The summed E-state index contributed by atoms with van der Waals surface area (Å²) >= 11 is 6.19. The Morgan fingerprint density at radius 3 is 2.41 bits per heavy atom. The van der Waals surface area contributed by atoms with Gasteiger partial charge in [-0.2, -0.15) is 5.10 Å². The third kappa shape index (κ3) is 4.93. The number of aromatic nitrogens is 3. The van der Waals surface area contributed by atoms with Gasteiger partial charge in [-0.15, -0.1) is 0 Å². The second-order valence-electron chi connectivity index (χ2n) is 11.1. The van der Waals surface area contributed by atoms with Crippen molar-refractivity contribution in [3.05, 3.63) is 117 Å².